The molecule has 4 rings (SSSR count). The van der Waals surface area contributed by atoms with Gasteiger partial charge in [0.1, 0.15) is 5.02 Å². The van der Waals surface area contributed by atoms with E-state index in [2.05, 4.69) is 15.4 Å². The third-order valence-corrected chi connectivity index (χ3v) is 5.99. The second-order valence-electron chi connectivity index (χ2n) is 6.71. The minimum Gasteiger partial charge on any atom is -0.348 e. The number of nitrogens with one attached hydrogen (secondary N) is 1. The van der Waals surface area contributed by atoms with Gasteiger partial charge in [-0.05, 0) is 30.4 Å². The van der Waals surface area contributed by atoms with Gasteiger partial charge in [-0.25, -0.2) is 9.50 Å². The monoisotopic (exact) mass is 428 g/mol. The molecule has 148 valence electrons. The molecular formula is C18H16ClF3N4OS. The second-order valence-corrected chi connectivity index (χ2v) is 8.03. The molecule has 0 radical (unpaired) electrons. The number of fused-ring (bicyclic) bond motifs is 1. The predicted molar refractivity (Wildman–Crippen MR) is 101 cm³/mol. The Balaban J connectivity index is 1.79. The van der Waals surface area contributed by atoms with Gasteiger partial charge in [0.05, 0.1) is 10.6 Å². The summed E-state index contributed by atoms with van der Waals surface area (Å²) in [6, 6.07) is 4.30. The van der Waals surface area contributed by atoms with Gasteiger partial charge < -0.3 is 5.32 Å². The molecule has 3 heterocycles. The molecule has 0 aliphatic heterocycles. The van der Waals surface area contributed by atoms with E-state index >= 15 is 0 Å². The van der Waals surface area contributed by atoms with Gasteiger partial charge in [-0.2, -0.15) is 18.3 Å². The summed E-state index contributed by atoms with van der Waals surface area (Å²) >= 11 is 7.52. The Bertz CT molecular complexity index is 1010. The van der Waals surface area contributed by atoms with Gasteiger partial charge in [0.15, 0.2) is 17.0 Å². The normalized spacial score (nSPS) is 15.9. The lowest BCUT2D eigenvalue weighted by Gasteiger charge is -2.22. The molecule has 1 aliphatic rings. The SMILES string of the molecule is O=C(NC1CCCCC1)c1nn2c(C(F)(F)F)cc(-c3cccs3)nc2c1Cl. The summed E-state index contributed by atoms with van der Waals surface area (Å²) in [5.74, 6) is -0.576. The number of alkyl halides is 3. The zero-order valence-corrected chi connectivity index (χ0v) is 16.2. The molecule has 1 saturated carbocycles. The molecule has 3 aromatic heterocycles. The number of rotatable bonds is 3. The molecule has 0 spiro atoms. The van der Waals surface area contributed by atoms with Crippen LogP contribution in [0.4, 0.5) is 13.2 Å². The Morgan fingerprint density at radius 1 is 1.29 bits per heavy atom. The fourth-order valence-electron chi connectivity index (χ4n) is 3.39. The highest BCUT2D eigenvalue weighted by molar-refractivity contribution is 7.13. The van der Waals surface area contributed by atoms with E-state index < -0.39 is 17.8 Å². The number of carbonyl (C=O) groups is 1. The molecule has 28 heavy (non-hydrogen) atoms. The van der Waals surface area contributed by atoms with E-state index in [1.807, 2.05) is 0 Å². The van der Waals surface area contributed by atoms with Crippen LogP contribution in [0.5, 0.6) is 0 Å². The maximum atomic E-state index is 13.6. The molecule has 1 fully saturated rings. The first-order valence-electron chi connectivity index (χ1n) is 8.86. The molecule has 5 nitrogen and oxygen atoms in total. The maximum Gasteiger partial charge on any atom is 0.433 e. The van der Waals surface area contributed by atoms with Crippen LogP contribution in [-0.2, 0) is 6.18 Å². The Kier molecular flexibility index (Phi) is 5.05. The Morgan fingerprint density at radius 3 is 2.68 bits per heavy atom. The van der Waals surface area contributed by atoms with E-state index in [9.17, 15) is 18.0 Å². The molecule has 0 bridgehead atoms. The molecular weight excluding hydrogens is 413 g/mol. The summed E-state index contributed by atoms with van der Waals surface area (Å²) in [7, 11) is 0. The molecule has 0 unspecified atom stereocenters. The average molecular weight is 429 g/mol. The van der Waals surface area contributed by atoms with Crippen molar-refractivity contribution < 1.29 is 18.0 Å². The van der Waals surface area contributed by atoms with E-state index in [4.69, 9.17) is 11.6 Å². The average Bonchev–Trinajstić information content (AvgIpc) is 3.30. The topological polar surface area (TPSA) is 59.3 Å². The zero-order chi connectivity index (χ0) is 19.9. The zero-order valence-electron chi connectivity index (χ0n) is 14.6. The van der Waals surface area contributed by atoms with E-state index in [-0.39, 0.29) is 28.1 Å². The first-order chi connectivity index (χ1) is 13.3. The highest BCUT2D eigenvalue weighted by Gasteiger charge is 2.37. The van der Waals surface area contributed by atoms with Crippen LogP contribution >= 0.6 is 22.9 Å². The van der Waals surface area contributed by atoms with Crippen LogP contribution in [0.3, 0.4) is 0 Å². The maximum absolute atomic E-state index is 13.6. The van der Waals surface area contributed by atoms with Crippen LogP contribution in [-0.4, -0.2) is 26.5 Å². The highest BCUT2D eigenvalue weighted by Crippen LogP contribution is 2.35. The van der Waals surface area contributed by atoms with Crippen LogP contribution in [0.2, 0.25) is 5.02 Å². The van der Waals surface area contributed by atoms with Crippen LogP contribution < -0.4 is 5.32 Å². The van der Waals surface area contributed by atoms with Crippen molar-refractivity contribution in [1.29, 1.82) is 0 Å². The minimum absolute atomic E-state index is 0.0149. The Morgan fingerprint density at radius 2 is 2.04 bits per heavy atom. The van der Waals surface area contributed by atoms with Gasteiger partial charge in [-0.3, -0.25) is 4.79 Å². The Labute approximate surface area is 167 Å². The van der Waals surface area contributed by atoms with Crippen LogP contribution in [0.25, 0.3) is 16.2 Å². The quantitative estimate of drug-likeness (QED) is 0.624. The van der Waals surface area contributed by atoms with E-state index in [1.54, 1.807) is 17.5 Å². The fourth-order valence-corrected chi connectivity index (χ4v) is 4.32. The first-order valence-corrected chi connectivity index (χ1v) is 10.1. The predicted octanol–water partition coefficient (Wildman–Crippen LogP) is 5.19. The lowest BCUT2D eigenvalue weighted by molar-refractivity contribution is -0.142. The molecule has 0 aromatic carbocycles. The van der Waals surface area contributed by atoms with E-state index in [1.165, 1.54) is 11.3 Å². The van der Waals surface area contributed by atoms with Crippen molar-refractivity contribution in [2.45, 2.75) is 44.3 Å². The summed E-state index contributed by atoms with van der Waals surface area (Å²) in [5, 5.41) is 8.25. The first kappa shape index (κ1) is 19.2. The second kappa shape index (κ2) is 7.36. The Hall–Kier alpha value is -2.13. The lowest BCUT2D eigenvalue weighted by Crippen LogP contribution is -2.36. The summed E-state index contributed by atoms with van der Waals surface area (Å²) in [5.41, 5.74) is -1.32. The number of carbonyl (C=O) groups excluding carboxylic acids is 1. The third-order valence-electron chi connectivity index (χ3n) is 4.75. The van der Waals surface area contributed by atoms with Crippen molar-refractivity contribution in [3.8, 4) is 10.6 Å². The van der Waals surface area contributed by atoms with Crippen molar-refractivity contribution in [3.05, 3.63) is 40.0 Å². The van der Waals surface area contributed by atoms with Gasteiger partial charge in [0.2, 0.25) is 0 Å². The number of thiophene rings is 1. The number of hydrogen-bond acceptors (Lipinski definition) is 4. The number of halogens is 4. The van der Waals surface area contributed by atoms with Crippen LogP contribution in [0.1, 0.15) is 48.3 Å². The number of amides is 1. The van der Waals surface area contributed by atoms with Crippen LogP contribution in [0, 0.1) is 0 Å². The van der Waals surface area contributed by atoms with E-state index in [0.717, 1.165) is 38.2 Å². The fraction of sp³-hybridized carbons (Fsp3) is 0.389. The van der Waals surface area contributed by atoms with Crippen LogP contribution in [0.15, 0.2) is 23.6 Å². The summed E-state index contributed by atoms with van der Waals surface area (Å²) in [6.45, 7) is 0. The van der Waals surface area contributed by atoms with Gasteiger partial charge in [0, 0.05) is 6.04 Å². The third kappa shape index (κ3) is 3.60. The number of hydrogen-bond donors (Lipinski definition) is 1. The van der Waals surface area contributed by atoms with Gasteiger partial charge >= 0.3 is 6.18 Å². The molecule has 10 heteroatoms. The molecule has 0 saturated heterocycles. The van der Waals surface area contributed by atoms with Crippen molar-refractivity contribution in [3.63, 3.8) is 0 Å². The van der Waals surface area contributed by atoms with E-state index in [0.29, 0.717) is 9.39 Å². The van der Waals surface area contributed by atoms with Crippen molar-refractivity contribution in [2.24, 2.45) is 0 Å². The smallest absolute Gasteiger partial charge is 0.348 e. The lowest BCUT2D eigenvalue weighted by atomic mass is 9.95. The molecule has 0 atom stereocenters. The largest absolute Gasteiger partial charge is 0.433 e. The summed E-state index contributed by atoms with van der Waals surface area (Å²) in [6.07, 6.45) is 0.129. The van der Waals surface area contributed by atoms with Gasteiger partial charge in [-0.1, -0.05) is 36.9 Å². The van der Waals surface area contributed by atoms with Crippen molar-refractivity contribution in [2.75, 3.05) is 0 Å². The molecule has 1 aliphatic carbocycles. The summed E-state index contributed by atoms with van der Waals surface area (Å²) in [4.78, 5) is 17.4. The molecule has 1 amide bonds. The number of nitrogens with zero attached hydrogens (tertiary/aromatic N) is 3. The standard InChI is InChI=1S/C18H16ClF3N4OS/c19-14-15(17(27)23-10-5-2-1-3-6-10)25-26-13(18(20,21)22)9-11(24-16(14)26)12-7-4-8-28-12/h4,7-10H,1-3,5-6H2,(H,23,27). The molecule has 1 N–H and O–H groups in total. The van der Waals surface area contributed by atoms with Crippen molar-refractivity contribution >= 4 is 34.5 Å². The molecule has 3 aromatic rings. The van der Waals surface area contributed by atoms with Gasteiger partial charge in [0.25, 0.3) is 5.91 Å². The summed E-state index contributed by atoms with van der Waals surface area (Å²) < 4.78 is 41.5. The van der Waals surface area contributed by atoms with Crippen molar-refractivity contribution in [1.82, 2.24) is 19.9 Å². The highest BCUT2D eigenvalue weighted by atomic mass is 35.5. The number of aromatic nitrogens is 3. The van der Waals surface area contributed by atoms with Gasteiger partial charge in [-0.15, -0.1) is 11.3 Å². The minimum atomic E-state index is -4.68.